The highest BCUT2D eigenvalue weighted by Crippen LogP contribution is 2.44. The molecule has 242 valence electrons. The average Bonchev–Trinajstić information content (AvgIpc) is 3.64. The molecule has 9 nitrogen and oxygen atoms in total. The number of nitrogens with zero attached hydrogens (tertiary/aromatic N) is 2. The Balaban J connectivity index is 1.14. The zero-order valence-corrected chi connectivity index (χ0v) is 26.4. The number of aromatic nitrogens is 2. The summed E-state index contributed by atoms with van der Waals surface area (Å²) in [6, 6.07) is 14.7. The van der Waals surface area contributed by atoms with Crippen molar-refractivity contribution in [2.24, 2.45) is 0 Å². The van der Waals surface area contributed by atoms with E-state index in [0.717, 1.165) is 41.5 Å². The van der Waals surface area contributed by atoms with Crippen molar-refractivity contribution in [2.75, 3.05) is 13.2 Å². The topological polar surface area (TPSA) is 120 Å². The first-order chi connectivity index (χ1) is 22.0. The molecule has 2 aromatic carbocycles. The molecule has 0 radical (unpaired) electrons. The Hall–Kier alpha value is -4.14. The van der Waals surface area contributed by atoms with E-state index in [1.54, 1.807) is 0 Å². The summed E-state index contributed by atoms with van der Waals surface area (Å²) >= 11 is 0. The number of fused-ring (bicyclic) bond motifs is 3. The van der Waals surface area contributed by atoms with Crippen molar-refractivity contribution in [1.29, 1.82) is 0 Å². The van der Waals surface area contributed by atoms with Crippen molar-refractivity contribution in [3.05, 3.63) is 77.9 Å². The summed E-state index contributed by atoms with van der Waals surface area (Å²) < 4.78 is 12.1. The van der Waals surface area contributed by atoms with Gasteiger partial charge in [0.25, 0.3) is 0 Å². The molecular formula is C36H47N3O6. The van der Waals surface area contributed by atoms with Gasteiger partial charge in [-0.2, -0.15) is 0 Å². The van der Waals surface area contributed by atoms with Gasteiger partial charge >= 0.3 is 18.2 Å². The number of carbonyl (C=O) groups excluding carboxylic acids is 2. The van der Waals surface area contributed by atoms with Crippen molar-refractivity contribution in [2.45, 2.75) is 102 Å². The fraction of sp³-hybridized carbons (Fsp3) is 0.500. The lowest BCUT2D eigenvalue weighted by atomic mass is 9.98. The van der Waals surface area contributed by atoms with Crippen LogP contribution in [0.3, 0.4) is 0 Å². The zero-order chi connectivity index (χ0) is 31.9. The molecule has 45 heavy (non-hydrogen) atoms. The van der Waals surface area contributed by atoms with Crippen LogP contribution in [0, 0.1) is 0 Å². The smallest absolute Gasteiger partial charge is 0.419 e. The Morgan fingerprint density at radius 1 is 0.822 bits per heavy atom. The van der Waals surface area contributed by atoms with Crippen LogP contribution < -0.4 is 5.32 Å². The van der Waals surface area contributed by atoms with E-state index in [2.05, 4.69) is 17.2 Å². The summed E-state index contributed by atoms with van der Waals surface area (Å²) in [7, 11) is 0. The summed E-state index contributed by atoms with van der Waals surface area (Å²) in [6.45, 7) is 2.64. The van der Waals surface area contributed by atoms with Crippen LogP contribution in [0.5, 0.6) is 0 Å². The summed E-state index contributed by atoms with van der Waals surface area (Å²) in [6.07, 6.45) is 16.0. The number of carboxylic acid groups (broad SMARTS) is 1. The van der Waals surface area contributed by atoms with E-state index in [9.17, 15) is 19.5 Å². The van der Waals surface area contributed by atoms with Gasteiger partial charge in [0.05, 0.1) is 12.3 Å². The summed E-state index contributed by atoms with van der Waals surface area (Å²) in [5, 5.41) is 12.2. The first-order valence-electron chi connectivity index (χ1n) is 16.5. The number of imidazole rings is 1. The predicted octanol–water partition coefficient (Wildman–Crippen LogP) is 8.10. The van der Waals surface area contributed by atoms with E-state index in [4.69, 9.17) is 9.47 Å². The lowest BCUT2D eigenvalue weighted by Gasteiger charge is -2.17. The van der Waals surface area contributed by atoms with Crippen molar-refractivity contribution in [1.82, 2.24) is 14.9 Å². The highest BCUT2D eigenvalue weighted by Gasteiger charge is 2.30. The van der Waals surface area contributed by atoms with Gasteiger partial charge in [-0.25, -0.2) is 23.9 Å². The molecule has 0 aliphatic heterocycles. The number of rotatable bonds is 19. The van der Waals surface area contributed by atoms with Crippen molar-refractivity contribution < 1.29 is 29.0 Å². The van der Waals surface area contributed by atoms with Gasteiger partial charge in [0.1, 0.15) is 19.0 Å². The third-order valence-electron chi connectivity index (χ3n) is 8.42. The van der Waals surface area contributed by atoms with E-state index in [1.165, 1.54) is 74.9 Å². The minimum atomic E-state index is -1.28. The number of benzene rings is 2. The van der Waals surface area contributed by atoms with Crippen molar-refractivity contribution in [3.8, 4) is 11.1 Å². The van der Waals surface area contributed by atoms with E-state index in [1.807, 2.05) is 48.5 Å². The Bertz CT molecular complexity index is 1340. The van der Waals surface area contributed by atoms with Gasteiger partial charge in [-0.15, -0.1) is 0 Å². The molecule has 1 aromatic heterocycles. The number of carbonyl (C=O) groups is 3. The van der Waals surface area contributed by atoms with Crippen LogP contribution in [-0.2, 0) is 20.7 Å². The number of unbranched alkanes of at least 4 members (excludes halogenated alkanes) is 11. The number of hydrogen-bond acceptors (Lipinski definition) is 6. The number of alkyl carbamates (subject to hydrolysis) is 1. The average molecular weight is 618 g/mol. The Labute approximate surface area is 266 Å². The summed E-state index contributed by atoms with van der Waals surface area (Å²) in [5.41, 5.74) is 4.68. The second-order valence-electron chi connectivity index (χ2n) is 11.8. The number of hydrogen-bond donors (Lipinski definition) is 2. The van der Waals surface area contributed by atoms with Crippen molar-refractivity contribution in [3.63, 3.8) is 0 Å². The fourth-order valence-corrected chi connectivity index (χ4v) is 5.94. The molecule has 0 saturated carbocycles. The monoisotopic (exact) mass is 617 g/mol. The number of aliphatic carboxylic acids is 1. The molecule has 1 heterocycles. The standard InChI is InChI=1S/C36H47N3O6/c1-2-3-4-5-6-7-8-9-10-11-12-17-22-44-36(43)39-24-27(37-26-39)23-33(34(40)41)38-35(42)45-25-32-30-20-15-13-18-28(30)29-19-14-16-21-31(29)32/h13-16,18-21,24,26,32-33H,2-12,17,22-23,25H2,1H3,(H,38,42)(H,40,41)/t33-/m1/s1. The number of carboxylic acids is 1. The molecule has 3 aromatic rings. The highest BCUT2D eigenvalue weighted by molar-refractivity contribution is 5.81. The molecule has 1 amide bonds. The molecule has 0 spiro atoms. The molecule has 1 atom stereocenters. The van der Waals surface area contributed by atoms with Crippen LogP contribution in [0.15, 0.2) is 61.1 Å². The maximum atomic E-state index is 12.6. The van der Waals surface area contributed by atoms with Gasteiger partial charge in [0.15, 0.2) is 0 Å². The number of amides is 1. The van der Waals surface area contributed by atoms with E-state index in [0.29, 0.717) is 12.3 Å². The van der Waals surface area contributed by atoms with Gasteiger partial charge in [-0.3, -0.25) is 0 Å². The van der Waals surface area contributed by atoms with E-state index >= 15 is 0 Å². The summed E-state index contributed by atoms with van der Waals surface area (Å²) in [4.78, 5) is 41.2. The first-order valence-corrected chi connectivity index (χ1v) is 16.5. The summed E-state index contributed by atoms with van der Waals surface area (Å²) in [5.74, 6) is -1.37. The van der Waals surface area contributed by atoms with Crippen molar-refractivity contribution >= 4 is 18.2 Å². The van der Waals surface area contributed by atoms with Crippen LogP contribution in [-0.4, -0.2) is 52.1 Å². The maximum Gasteiger partial charge on any atom is 0.419 e. The largest absolute Gasteiger partial charge is 0.480 e. The Kier molecular flexibility index (Phi) is 13.5. The number of ether oxygens (including phenoxy) is 2. The molecule has 9 heteroatoms. The molecule has 1 aliphatic rings. The van der Waals surface area contributed by atoms with Crippen LogP contribution in [0.2, 0.25) is 0 Å². The first kappa shape index (κ1) is 33.7. The number of nitrogens with one attached hydrogen (secondary N) is 1. The molecule has 0 saturated heterocycles. The van der Waals surface area contributed by atoms with Crippen LogP contribution in [0.4, 0.5) is 9.59 Å². The Morgan fingerprint density at radius 2 is 1.38 bits per heavy atom. The molecule has 0 unspecified atom stereocenters. The zero-order valence-electron chi connectivity index (χ0n) is 26.4. The molecule has 4 rings (SSSR count). The van der Waals surface area contributed by atoms with E-state index in [-0.39, 0.29) is 18.9 Å². The Morgan fingerprint density at radius 3 is 1.96 bits per heavy atom. The van der Waals surface area contributed by atoms with Gasteiger partial charge in [-0.05, 0) is 28.7 Å². The molecule has 0 bridgehead atoms. The minimum absolute atomic E-state index is 0.0753. The van der Waals surface area contributed by atoms with Gasteiger partial charge in [0, 0.05) is 18.5 Å². The second-order valence-corrected chi connectivity index (χ2v) is 11.8. The van der Waals surface area contributed by atoms with Gasteiger partial charge in [-0.1, -0.05) is 126 Å². The lowest BCUT2D eigenvalue weighted by molar-refractivity contribution is -0.139. The molecule has 1 aliphatic carbocycles. The lowest BCUT2D eigenvalue weighted by Crippen LogP contribution is -2.43. The third-order valence-corrected chi connectivity index (χ3v) is 8.42. The molecule has 2 N–H and O–H groups in total. The third kappa shape index (κ3) is 10.2. The minimum Gasteiger partial charge on any atom is -0.480 e. The highest BCUT2D eigenvalue weighted by atomic mass is 16.6. The SMILES string of the molecule is CCCCCCCCCCCCCCOC(=O)n1cnc(C[C@@H](NC(=O)OCC2c3ccccc3-c3ccccc32)C(=O)O)c1. The van der Waals surface area contributed by atoms with Crippen LogP contribution in [0.1, 0.15) is 107 Å². The fourth-order valence-electron chi connectivity index (χ4n) is 5.94. The normalized spacial score (nSPS) is 12.7. The van der Waals surface area contributed by atoms with Gasteiger partial charge in [0.2, 0.25) is 0 Å². The van der Waals surface area contributed by atoms with Crippen LogP contribution in [0.25, 0.3) is 11.1 Å². The predicted molar refractivity (Wildman–Crippen MR) is 173 cm³/mol. The van der Waals surface area contributed by atoms with Crippen LogP contribution >= 0.6 is 0 Å². The van der Waals surface area contributed by atoms with E-state index < -0.39 is 24.2 Å². The quantitative estimate of drug-likeness (QED) is 0.130. The molecular weight excluding hydrogens is 570 g/mol. The molecule has 0 fully saturated rings. The van der Waals surface area contributed by atoms with Gasteiger partial charge < -0.3 is 19.9 Å². The maximum absolute atomic E-state index is 12.6. The second kappa shape index (κ2) is 18.0.